The van der Waals surface area contributed by atoms with Gasteiger partial charge < -0.3 is 4.42 Å². The van der Waals surface area contributed by atoms with Crippen LogP contribution in [0.5, 0.6) is 0 Å². The first kappa shape index (κ1) is 18.7. The third-order valence-corrected chi connectivity index (χ3v) is 5.29. The van der Waals surface area contributed by atoms with E-state index in [4.69, 9.17) is 4.42 Å². The van der Waals surface area contributed by atoms with Gasteiger partial charge in [0.05, 0.1) is 5.56 Å². The summed E-state index contributed by atoms with van der Waals surface area (Å²) in [6.45, 7) is 0. The maximum atomic E-state index is 12.7. The van der Waals surface area contributed by atoms with E-state index in [1.54, 1.807) is 30.3 Å². The number of carbonyl (C=O) groups is 3. The van der Waals surface area contributed by atoms with E-state index in [-0.39, 0.29) is 28.7 Å². The summed E-state index contributed by atoms with van der Waals surface area (Å²) < 4.78 is 5.50. The topological polar surface area (TPSA) is 64.3 Å². The predicted octanol–water partition coefficient (Wildman–Crippen LogP) is 5.62. The van der Waals surface area contributed by atoms with Crippen LogP contribution in [0.15, 0.2) is 95.4 Å². The Balaban J connectivity index is 1.38. The normalized spacial score (nSPS) is 12.6. The van der Waals surface area contributed by atoms with Crippen molar-refractivity contribution < 1.29 is 18.8 Å². The lowest BCUT2D eigenvalue weighted by atomic mass is 9.88. The fraction of sp³-hybridized carbons (Fsp3) is 0. The molecule has 0 radical (unpaired) electrons. The second-order valence-electron chi connectivity index (χ2n) is 7.24. The van der Waals surface area contributed by atoms with Crippen LogP contribution < -0.4 is 0 Å². The molecule has 5 rings (SSSR count). The lowest BCUT2D eigenvalue weighted by Crippen LogP contribution is -2.18. The minimum absolute atomic E-state index is 0.0309. The van der Waals surface area contributed by atoms with Crippen molar-refractivity contribution in [3.63, 3.8) is 0 Å². The van der Waals surface area contributed by atoms with Crippen molar-refractivity contribution >= 4 is 23.4 Å². The number of rotatable bonds is 4. The average molecular weight is 404 g/mol. The molecule has 148 valence electrons. The summed E-state index contributed by atoms with van der Waals surface area (Å²) in [6, 6.07) is 25.8. The molecule has 0 N–H and O–H groups in total. The van der Waals surface area contributed by atoms with E-state index in [1.807, 2.05) is 54.6 Å². The molecular formula is C27H16O4. The first-order valence-electron chi connectivity index (χ1n) is 9.82. The maximum Gasteiger partial charge on any atom is 0.229 e. The molecule has 0 saturated heterocycles. The summed E-state index contributed by atoms with van der Waals surface area (Å²) in [5.74, 6) is -1.21. The zero-order chi connectivity index (χ0) is 21.4. The van der Waals surface area contributed by atoms with Crippen LogP contribution in [-0.4, -0.2) is 17.3 Å². The number of carbonyl (C=O) groups excluding carboxylic acids is 3. The van der Waals surface area contributed by atoms with E-state index >= 15 is 0 Å². The molecule has 0 fully saturated rings. The van der Waals surface area contributed by atoms with E-state index in [2.05, 4.69) is 0 Å². The molecule has 4 heteroatoms. The van der Waals surface area contributed by atoms with Gasteiger partial charge >= 0.3 is 0 Å². The zero-order valence-corrected chi connectivity index (χ0v) is 16.4. The second kappa shape index (κ2) is 7.50. The van der Waals surface area contributed by atoms with Crippen LogP contribution >= 0.6 is 0 Å². The number of hydrogen-bond acceptors (Lipinski definition) is 4. The van der Waals surface area contributed by atoms with Crippen molar-refractivity contribution in [2.24, 2.45) is 0 Å². The lowest BCUT2D eigenvalue weighted by Gasteiger charge is -2.11. The van der Waals surface area contributed by atoms with Gasteiger partial charge in [0.15, 0.2) is 17.3 Å². The number of fused-ring (bicyclic) bond motifs is 2. The molecule has 1 aromatic heterocycles. The Labute approximate surface area is 178 Å². The quantitative estimate of drug-likeness (QED) is 0.288. The number of hydrogen-bond donors (Lipinski definition) is 0. The summed E-state index contributed by atoms with van der Waals surface area (Å²) >= 11 is 0. The molecule has 0 atom stereocenters. The van der Waals surface area contributed by atoms with Crippen LogP contribution in [0.4, 0.5) is 0 Å². The maximum absolute atomic E-state index is 12.7. The highest BCUT2D eigenvalue weighted by Gasteiger charge is 2.34. The van der Waals surface area contributed by atoms with Crippen LogP contribution in [0.3, 0.4) is 0 Å². The Morgan fingerprint density at radius 1 is 0.677 bits per heavy atom. The fourth-order valence-corrected chi connectivity index (χ4v) is 3.67. The van der Waals surface area contributed by atoms with E-state index in [0.29, 0.717) is 11.1 Å². The zero-order valence-electron chi connectivity index (χ0n) is 16.4. The van der Waals surface area contributed by atoms with E-state index in [0.717, 1.165) is 16.7 Å². The summed E-state index contributed by atoms with van der Waals surface area (Å²) in [6.07, 6.45) is 3.06. The van der Waals surface area contributed by atoms with Crippen LogP contribution in [-0.2, 0) is 0 Å². The van der Waals surface area contributed by atoms with Gasteiger partial charge in [-0.1, -0.05) is 84.9 Å². The van der Waals surface area contributed by atoms with E-state index in [1.165, 1.54) is 12.1 Å². The smallest absolute Gasteiger partial charge is 0.229 e. The SMILES string of the molecule is O=C(/C=C/c1ccc(-c2ccccc2)cc1)c1cc2c(o1)C(=O)c1ccccc1C2=O. The highest BCUT2D eigenvalue weighted by atomic mass is 16.4. The van der Waals surface area contributed by atoms with Crippen molar-refractivity contribution in [2.75, 3.05) is 0 Å². The molecule has 0 aliphatic heterocycles. The summed E-state index contributed by atoms with van der Waals surface area (Å²) in [5, 5.41) is 0. The van der Waals surface area contributed by atoms with Gasteiger partial charge in [0.2, 0.25) is 11.6 Å². The monoisotopic (exact) mass is 404 g/mol. The van der Waals surface area contributed by atoms with Crippen LogP contribution in [0.2, 0.25) is 0 Å². The Hall–Kier alpha value is -4.31. The Bertz CT molecular complexity index is 1300. The molecule has 0 amide bonds. The first-order chi connectivity index (χ1) is 15.1. The van der Waals surface area contributed by atoms with Gasteiger partial charge in [0, 0.05) is 11.1 Å². The third-order valence-electron chi connectivity index (χ3n) is 5.29. The van der Waals surface area contributed by atoms with Gasteiger partial charge in [-0.15, -0.1) is 0 Å². The van der Waals surface area contributed by atoms with Crippen LogP contribution in [0.25, 0.3) is 17.2 Å². The number of furan rings is 1. The summed E-state index contributed by atoms with van der Waals surface area (Å²) in [7, 11) is 0. The Kier molecular flexibility index (Phi) is 4.53. The Morgan fingerprint density at radius 2 is 1.29 bits per heavy atom. The van der Waals surface area contributed by atoms with E-state index in [9.17, 15) is 14.4 Å². The standard InChI is InChI=1S/C27H16O4/c28-23(15-12-17-10-13-19(14-11-17)18-6-2-1-3-7-18)24-16-22-25(29)20-8-4-5-9-21(20)26(30)27(22)31-24/h1-16H/b15-12+. The molecule has 31 heavy (non-hydrogen) atoms. The molecule has 0 spiro atoms. The highest BCUT2D eigenvalue weighted by Crippen LogP contribution is 2.30. The summed E-state index contributed by atoms with van der Waals surface area (Å²) in [5.41, 5.74) is 3.80. The minimum Gasteiger partial charge on any atom is -0.448 e. The number of benzene rings is 3. The van der Waals surface area contributed by atoms with Gasteiger partial charge in [0.25, 0.3) is 0 Å². The molecular weight excluding hydrogens is 388 g/mol. The molecule has 1 aliphatic carbocycles. The van der Waals surface area contributed by atoms with Gasteiger partial charge in [-0.25, -0.2) is 0 Å². The molecule has 1 aliphatic rings. The van der Waals surface area contributed by atoms with Crippen LogP contribution in [0, 0.1) is 0 Å². The average Bonchev–Trinajstić information content (AvgIpc) is 3.28. The fourth-order valence-electron chi connectivity index (χ4n) is 3.67. The molecule has 0 saturated carbocycles. The molecule has 3 aromatic carbocycles. The van der Waals surface area contributed by atoms with Gasteiger partial charge in [-0.3, -0.25) is 14.4 Å². The molecule has 0 unspecified atom stereocenters. The second-order valence-corrected chi connectivity index (χ2v) is 7.24. The number of ketones is 3. The summed E-state index contributed by atoms with van der Waals surface area (Å²) in [4.78, 5) is 37.9. The molecule has 0 bridgehead atoms. The van der Waals surface area contributed by atoms with Crippen molar-refractivity contribution in [1.29, 1.82) is 0 Å². The van der Waals surface area contributed by atoms with Gasteiger partial charge in [-0.2, -0.15) is 0 Å². The van der Waals surface area contributed by atoms with Gasteiger partial charge in [0.1, 0.15) is 0 Å². The number of allylic oxidation sites excluding steroid dienone is 1. The first-order valence-corrected chi connectivity index (χ1v) is 9.82. The van der Waals surface area contributed by atoms with E-state index < -0.39 is 5.78 Å². The van der Waals surface area contributed by atoms with Crippen molar-refractivity contribution in [3.8, 4) is 11.1 Å². The molecule has 1 heterocycles. The van der Waals surface area contributed by atoms with Gasteiger partial charge in [-0.05, 0) is 28.8 Å². The van der Waals surface area contributed by atoms with Crippen molar-refractivity contribution in [2.45, 2.75) is 0 Å². The van der Waals surface area contributed by atoms with Crippen molar-refractivity contribution in [1.82, 2.24) is 0 Å². The Morgan fingerprint density at radius 3 is 2.00 bits per heavy atom. The van der Waals surface area contributed by atoms with Crippen LogP contribution in [0.1, 0.15) is 48.2 Å². The minimum atomic E-state index is -0.411. The highest BCUT2D eigenvalue weighted by molar-refractivity contribution is 6.28. The lowest BCUT2D eigenvalue weighted by molar-refractivity contribution is 0.0952. The molecule has 4 aromatic rings. The molecule has 4 nitrogen and oxygen atoms in total. The third kappa shape index (κ3) is 3.34. The predicted molar refractivity (Wildman–Crippen MR) is 117 cm³/mol. The largest absolute Gasteiger partial charge is 0.448 e. The van der Waals surface area contributed by atoms with Crippen molar-refractivity contribution in [3.05, 3.63) is 125 Å².